The number of rotatable bonds is 3. The molecule has 4 rings (SSSR count). The molecule has 0 atom stereocenters. The summed E-state index contributed by atoms with van der Waals surface area (Å²) < 4.78 is 19.8. The number of hydrogen-bond acceptors (Lipinski definition) is 6. The molecule has 0 radical (unpaired) electrons. The molecular formula is C19H12FN3O3S. The summed E-state index contributed by atoms with van der Waals surface area (Å²) in [5, 5.41) is 4.22. The van der Waals surface area contributed by atoms with Gasteiger partial charge in [-0.05, 0) is 48.0 Å². The van der Waals surface area contributed by atoms with Crippen LogP contribution >= 0.6 is 11.3 Å². The average molecular weight is 381 g/mol. The molecule has 0 bridgehead atoms. The van der Waals surface area contributed by atoms with Gasteiger partial charge in [0.25, 0.3) is 5.56 Å². The van der Waals surface area contributed by atoms with Gasteiger partial charge in [-0.1, -0.05) is 23.5 Å². The third-order valence-electron chi connectivity index (χ3n) is 3.70. The Labute approximate surface area is 156 Å². The van der Waals surface area contributed by atoms with Gasteiger partial charge in [-0.3, -0.25) is 9.59 Å². The molecular weight excluding hydrogens is 369 g/mol. The molecule has 0 amide bonds. The van der Waals surface area contributed by atoms with E-state index in [1.165, 1.54) is 34.9 Å². The summed E-state index contributed by atoms with van der Waals surface area (Å²) in [5.41, 5.74) is 1.05. The zero-order valence-corrected chi connectivity index (χ0v) is 14.9. The monoisotopic (exact) mass is 381 g/mol. The lowest BCUT2D eigenvalue weighted by molar-refractivity contribution is -0.131. The van der Waals surface area contributed by atoms with Crippen molar-refractivity contribution in [3.05, 3.63) is 74.8 Å². The molecule has 2 aromatic carbocycles. The summed E-state index contributed by atoms with van der Waals surface area (Å²) in [5.74, 6) is 0.00411. The normalized spacial score (nSPS) is 11.9. The van der Waals surface area contributed by atoms with Gasteiger partial charge in [0, 0.05) is 12.5 Å². The Bertz CT molecular complexity index is 1260. The van der Waals surface area contributed by atoms with Crippen LogP contribution in [0.5, 0.6) is 5.75 Å². The van der Waals surface area contributed by atoms with Crippen LogP contribution in [0, 0.1) is 5.82 Å². The van der Waals surface area contributed by atoms with Crippen molar-refractivity contribution >= 4 is 28.3 Å². The molecule has 2 aromatic heterocycles. The quantitative estimate of drug-likeness (QED) is 0.403. The number of esters is 1. The highest BCUT2D eigenvalue weighted by molar-refractivity contribution is 7.15. The fourth-order valence-electron chi connectivity index (χ4n) is 2.54. The number of hydrogen-bond donors (Lipinski definition) is 0. The van der Waals surface area contributed by atoms with Crippen molar-refractivity contribution in [3.63, 3.8) is 0 Å². The number of carbonyl (C=O) groups excluding carboxylic acids is 1. The molecule has 27 heavy (non-hydrogen) atoms. The molecule has 0 saturated carbocycles. The highest BCUT2D eigenvalue weighted by atomic mass is 32.1. The average Bonchev–Trinajstić information content (AvgIpc) is 3.16. The van der Waals surface area contributed by atoms with E-state index >= 15 is 0 Å². The van der Waals surface area contributed by atoms with Crippen molar-refractivity contribution in [3.8, 4) is 17.1 Å². The zero-order chi connectivity index (χ0) is 19.0. The second-order valence-electron chi connectivity index (χ2n) is 5.72. The smallest absolute Gasteiger partial charge is 0.308 e. The van der Waals surface area contributed by atoms with Gasteiger partial charge in [0.1, 0.15) is 11.6 Å². The van der Waals surface area contributed by atoms with E-state index in [1.807, 2.05) is 0 Å². The van der Waals surface area contributed by atoms with Crippen LogP contribution in [0.3, 0.4) is 0 Å². The van der Waals surface area contributed by atoms with Crippen LogP contribution in [-0.4, -0.2) is 20.6 Å². The summed E-state index contributed by atoms with van der Waals surface area (Å²) in [4.78, 5) is 28.5. The van der Waals surface area contributed by atoms with Gasteiger partial charge in [-0.2, -0.15) is 9.50 Å². The first kappa shape index (κ1) is 17.0. The summed E-state index contributed by atoms with van der Waals surface area (Å²) >= 11 is 1.20. The molecule has 0 spiro atoms. The predicted octanol–water partition coefficient (Wildman–Crippen LogP) is 2.43. The minimum atomic E-state index is -0.413. The van der Waals surface area contributed by atoms with Crippen LogP contribution in [0.1, 0.15) is 12.5 Å². The molecule has 0 N–H and O–H groups in total. The first-order valence-corrected chi connectivity index (χ1v) is 8.77. The van der Waals surface area contributed by atoms with Crippen LogP contribution in [0.25, 0.3) is 22.4 Å². The lowest BCUT2D eigenvalue weighted by Crippen LogP contribution is -2.23. The number of benzene rings is 2. The minimum absolute atomic E-state index is 0.297. The SMILES string of the molecule is CC(=O)Oc1cccc(C=c2sc3nc(-c4ccc(F)cc4)nn3c2=O)c1. The number of thiazole rings is 1. The van der Waals surface area contributed by atoms with Gasteiger partial charge >= 0.3 is 5.97 Å². The van der Waals surface area contributed by atoms with E-state index in [2.05, 4.69) is 10.1 Å². The molecule has 0 unspecified atom stereocenters. The zero-order valence-electron chi connectivity index (χ0n) is 14.0. The highest BCUT2D eigenvalue weighted by Crippen LogP contribution is 2.17. The van der Waals surface area contributed by atoms with Crippen molar-refractivity contribution in [2.45, 2.75) is 6.92 Å². The summed E-state index contributed by atoms with van der Waals surface area (Å²) in [6.45, 7) is 1.32. The molecule has 0 aliphatic heterocycles. The van der Waals surface area contributed by atoms with E-state index in [0.717, 1.165) is 0 Å². The second kappa shape index (κ2) is 6.73. The number of nitrogens with zero attached hydrogens (tertiary/aromatic N) is 3. The third-order valence-corrected chi connectivity index (χ3v) is 4.66. The number of aromatic nitrogens is 3. The van der Waals surface area contributed by atoms with Gasteiger partial charge in [-0.15, -0.1) is 5.10 Å². The number of ether oxygens (including phenoxy) is 1. The summed E-state index contributed by atoms with van der Waals surface area (Å²) in [7, 11) is 0. The molecule has 6 nitrogen and oxygen atoms in total. The van der Waals surface area contributed by atoms with Crippen molar-refractivity contribution in [1.29, 1.82) is 0 Å². The van der Waals surface area contributed by atoms with Crippen LogP contribution in [0.15, 0.2) is 53.3 Å². The Morgan fingerprint density at radius 2 is 2.00 bits per heavy atom. The second-order valence-corrected chi connectivity index (χ2v) is 6.73. The van der Waals surface area contributed by atoms with Crippen molar-refractivity contribution in [2.24, 2.45) is 0 Å². The van der Waals surface area contributed by atoms with E-state index in [4.69, 9.17) is 4.74 Å². The number of fused-ring (bicyclic) bond motifs is 1. The Morgan fingerprint density at radius 3 is 2.70 bits per heavy atom. The van der Waals surface area contributed by atoms with E-state index in [0.29, 0.717) is 32.2 Å². The number of halogens is 1. The van der Waals surface area contributed by atoms with E-state index < -0.39 is 5.97 Å². The minimum Gasteiger partial charge on any atom is -0.427 e. The maximum atomic E-state index is 13.0. The molecule has 2 heterocycles. The Kier molecular flexibility index (Phi) is 4.25. The van der Waals surface area contributed by atoms with Gasteiger partial charge in [0.15, 0.2) is 5.82 Å². The first-order chi connectivity index (χ1) is 13.0. The maximum absolute atomic E-state index is 13.0. The van der Waals surface area contributed by atoms with Gasteiger partial charge in [0.2, 0.25) is 4.96 Å². The standard InChI is InChI=1S/C19H12FN3O3S/c1-11(24)26-15-4-2-3-12(9-15)10-16-18(25)23-19(27-16)21-17(22-23)13-5-7-14(20)8-6-13/h2-10H,1H3. The van der Waals surface area contributed by atoms with Crippen LogP contribution in [0.2, 0.25) is 0 Å². The fraction of sp³-hybridized carbons (Fsp3) is 0.0526. The number of carbonyl (C=O) groups is 1. The predicted molar refractivity (Wildman–Crippen MR) is 99.1 cm³/mol. The molecule has 0 aliphatic carbocycles. The third kappa shape index (κ3) is 3.47. The molecule has 8 heteroatoms. The largest absolute Gasteiger partial charge is 0.427 e. The van der Waals surface area contributed by atoms with E-state index in [9.17, 15) is 14.0 Å². The molecule has 4 aromatic rings. The molecule has 0 fully saturated rings. The van der Waals surface area contributed by atoms with Gasteiger partial charge < -0.3 is 4.74 Å². The molecule has 134 valence electrons. The Balaban J connectivity index is 1.73. The molecule has 0 saturated heterocycles. The first-order valence-electron chi connectivity index (χ1n) is 7.95. The lowest BCUT2D eigenvalue weighted by atomic mass is 10.2. The fourth-order valence-corrected chi connectivity index (χ4v) is 3.45. The lowest BCUT2D eigenvalue weighted by Gasteiger charge is -2.01. The summed E-state index contributed by atoms with van der Waals surface area (Å²) in [6, 6.07) is 12.6. The Hall–Kier alpha value is -3.39. The van der Waals surface area contributed by atoms with Crippen LogP contribution in [-0.2, 0) is 4.79 Å². The maximum Gasteiger partial charge on any atom is 0.308 e. The van der Waals surface area contributed by atoms with E-state index in [-0.39, 0.29) is 11.4 Å². The Morgan fingerprint density at radius 1 is 1.22 bits per heavy atom. The summed E-state index contributed by atoms with van der Waals surface area (Å²) in [6.07, 6.45) is 1.69. The van der Waals surface area contributed by atoms with Crippen molar-refractivity contribution < 1.29 is 13.9 Å². The van der Waals surface area contributed by atoms with Crippen molar-refractivity contribution in [1.82, 2.24) is 14.6 Å². The van der Waals surface area contributed by atoms with E-state index in [1.54, 1.807) is 42.5 Å². The van der Waals surface area contributed by atoms with Crippen LogP contribution in [0.4, 0.5) is 4.39 Å². The van der Waals surface area contributed by atoms with Crippen LogP contribution < -0.4 is 14.8 Å². The highest BCUT2D eigenvalue weighted by Gasteiger charge is 2.12. The topological polar surface area (TPSA) is 73.6 Å². The molecule has 0 aliphatic rings. The van der Waals surface area contributed by atoms with Crippen molar-refractivity contribution in [2.75, 3.05) is 0 Å². The van der Waals surface area contributed by atoms with Gasteiger partial charge in [0.05, 0.1) is 4.53 Å². The van der Waals surface area contributed by atoms with Gasteiger partial charge in [-0.25, -0.2) is 4.39 Å².